The number of halogens is 1. The Morgan fingerprint density at radius 2 is 0.783 bits per heavy atom. The zero-order chi connectivity index (χ0) is 31.5. The molecule has 0 saturated heterocycles. The second-order valence-electron chi connectivity index (χ2n) is 11.0. The first-order valence-corrected chi connectivity index (χ1v) is 17.0. The highest BCUT2D eigenvalue weighted by molar-refractivity contribution is 7.24. The maximum atomic E-state index is 6.17. The number of rotatable bonds is 5. The summed E-state index contributed by atoms with van der Waals surface area (Å²) in [4.78, 5) is 1.28. The molecule has 8 aromatic rings. The van der Waals surface area contributed by atoms with Crippen molar-refractivity contribution in [2.24, 2.45) is 0 Å². The van der Waals surface area contributed by atoms with Crippen molar-refractivity contribution in [3.8, 4) is 54.9 Å². The van der Waals surface area contributed by atoms with Gasteiger partial charge in [0.25, 0.3) is 0 Å². The van der Waals surface area contributed by atoms with Crippen LogP contribution in [0.4, 0.5) is 0 Å². The summed E-state index contributed by atoms with van der Waals surface area (Å²) in [6.45, 7) is 4.00. The Morgan fingerprint density at radius 3 is 1.33 bits per heavy atom. The summed E-state index contributed by atoms with van der Waals surface area (Å²) in [5.41, 5.74) is 11.1. The summed E-state index contributed by atoms with van der Waals surface area (Å²) in [5, 5.41) is 4.61. The molecule has 222 valence electrons. The topological polar surface area (TPSA) is 0 Å². The highest BCUT2D eigenvalue weighted by Gasteiger charge is 2.24. The third-order valence-electron chi connectivity index (χ3n) is 8.36. The van der Waals surface area contributed by atoms with Crippen LogP contribution < -0.4 is 0 Å². The standard InChI is InChI=1S/C42H27ClS.C2H6/c43-34-26-24-29(25-27-34)28-20-22-33(23-21-28)41-39(32-16-8-3-9-17-32)40-36-19-11-10-18-35(36)37(30-12-4-1-5-13-30)38(42(40)44-41)31-14-6-2-7-15-31;1-2/h1-27H;1-2H3. The molecule has 8 rings (SSSR count). The van der Waals surface area contributed by atoms with Gasteiger partial charge in [-0.1, -0.05) is 177 Å². The summed E-state index contributed by atoms with van der Waals surface area (Å²) >= 11 is 8.07. The second kappa shape index (κ2) is 13.2. The zero-order valence-electron chi connectivity index (χ0n) is 25.9. The average Bonchev–Trinajstić information content (AvgIpc) is 3.54. The molecule has 0 amide bonds. The van der Waals surface area contributed by atoms with Crippen LogP contribution in [0.3, 0.4) is 0 Å². The molecule has 0 atom stereocenters. The van der Waals surface area contributed by atoms with Crippen LogP contribution in [0.25, 0.3) is 75.8 Å². The molecule has 0 spiro atoms. The second-order valence-corrected chi connectivity index (χ2v) is 12.4. The molecule has 0 aliphatic heterocycles. The summed E-state index contributed by atoms with van der Waals surface area (Å²) in [5.74, 6) is 0. The summed E-state index contributed by atoms with van der Waals surface area (Å²) in [7, 11) is 0. The molecular weight excluding hydrogens is 596 g/mol. The highest BCUT2D eigenvalue weighted by Crippen LogP contribution is 2.54. The van der Waals surface area contributed by atoms with E-state index in [9.17, 15) is 0 Å². The fraction of sp³-hybridized carbons (Fsp3) is 0.0455. The van der Waals surface area contributed by atoms with Gasteiger partial charge in [0.15, 0.2) is 0 Å². The quantitative estimate of drug-likeness (QED) is 0.178. The Morgan fingerprint density at radius 1 is 0.370 bits per heavy atom. The third kappa shape index (κ3) is 5.43. The van der Waals surface area contributed by atoms with E-state index in [1.807, 2.05) is 37.3 Å². The van der Waals surface area contributed by atoms with Gasteiger partial charge < -0.3 is 0 Å². The van der Waals surface area contributed by atoms with Gasteiger partial charge in [-0.3, -0.25) is 0 Å². The minimum Gasteiger partial charge on any atom is -0.134 e. The molecule has 0 unspecified atom stereocenters. The normalized spacial score (nSPS) is 10.9. The molecule has 2 heteroatoms. The van der Waals surface area contributed by atoms with Gasteiger partial charge in [0.05, 0.1) is 0 Å². The van der Waals surface area contributed by atoms with Crippen molar-refractivity contribution in [2.75, 3.05) is 0 Å². The van der Waals surface area contributed by atoms with Crippen molar-refractivity contribution in [1.82, 2.24) is 0 Å². The predicted molar refractivity (Wildman–Crippen MR) is 203 cm³/mol. The van der Waals surface area contributed by atoms with Crippen LogP contribution in [0, 0.1) is 0 Å². The Balaban J connectivity index is 0.00000166. The van der Waals surface area contributed by atoms with Crippen LogP contribution in [0.5, 0.6) is 0 Å². The van der Waals surface area contributed by atoms with E-state index in [4.69, 9.17) is 11.6 Å². The van der Waals surface area contributed by atoms with Gasteiger partial charge in [-0.05, 0) is 61.8 Å². The van der Waals surface area contributed by atoms with Crippen molar-refractivity contribution >= 4 is 43.8 Å². The fourth-order valence-corrected chi connectivity index (χ4v) is 7.90. The van der Waals surface area contributed by atoms with Crippen molar-refractivity contribution in [1.29, 1.82) is 0 Å². The van der Waals surface area contributed by atoms with Gasteiger partial charge in [-0.25, -0.2) is 0 Å². The van der Waals surface area contributed by atoms with E-state index >= 15 is 0 Å². The molecule has 7 aromatic carbocycles. The van der Waals surface area contributed by atoms with Gasteiger partial charge in [0.1, 0.15) is 0 Å². The Labute approximate surface area is 280 Å². The van der Waals surface area contributed by atoms with Gasteiger partial charge in [0, 0.05) is 31.1 Å². The highest BCUT2D eigenvalue weighted by atomic mass is 35.5. The van der Waals surface area contributed by atoms with E-state index in [2.05, 4.69) is 152 Å². The van der Waals surface area contributed by atoms with Crippen LogP contribution in [0.2, 0.25) is 5.02 Å². The van der Waals surface area contributed by atoms with Gasteiger partial charge in [-0.15, -0.1) is 11.3 Å². The zero-order valence-corrected chi connectivity index (χ0v) is 27.4. The third-order valence-corrected chi connectivity index (χ3v) is 9.87. The van der Waals surface area contributed by atoms with E-state index in [-0.39, 0.29) is 0 Å². The van der Waals surface area contributed by atoms with E-state index in [0.29, 0.717) is 0 Å². The summed E-state index contributed by atoms with van der Waals surface area (Å²) < 4.78 is 1.31. The lowest BCUT2D eigenvalue weighted by atomic mass is 9.86. The molecule has 0 radical (unpaired) electrons. The minimum atomic E-state index is 0.750. The predicted octanol–water partition coefficient (Wildman–Crippen LogP) is 14.1. The SMILES string of the molecule is CC.Clc1ccc(-c2ccc(-c3sc4c(-c5ccccc5)c(-c5ccccc5)c5ccccc5c4c3-c3ccccc3)cc2)cc1. The van der Waals surface area contributed by atoms with Crippen LogP contribution >= 0.6 is 22.9 Å². The van der Waals surface area contributed by atoms with Gasteiger partial charge in [0.2, 0.25) is 0 Å². The Kier molecular flexibility index (Phi) is 8.53. The molecule has 0 bridgehead atoms. The first-order chi connectivity index (χ1) is 22.8. The molecule has 0 nitrogen and oxygen atoms in total. The molecule has 1 heterocycles. The molecule has 46 heavy (non-hydrogen) atoms. The summed E-state index contributed by atoms with van der Waals surface area (Å²) in [6, 6.07) is 58.6. The van der Waals surface area contributed by atoms with Crippen LogP contribution in [0.15, 0.2) is 164 Å². The van der Waals surface area contributed by atoms with E-state index in [0.717, 1.165) is 10.6 Å². The lowest BCUT2D eigenvalue weighted by Crippen LogP contribution is -1.90. The number of fused-ring (bicyclic) bond motifs is 3. The Bertz CT molecular complexity index is 2230. The Hall–Kier alpha value is -4.95. The lowest BCUT2D eigenvalue weighted by Gasteiger charge is -2.17. The van der Waals surface area contributed by atoms with Gasteiger partial charge >= 0.3 is 0 Å². The average molecular weight is 629 g/mol. The van der Waals surface area contributed by atoms with Crippen LogP contribution in [0.1, 0.15) is 13.8 Å². The van der Waals surface area contributed by atoms with Crippen molar-refractivity contribution in [2.45, 2.75) is 13.8 Å². The lowest BCUT2D eigenvalue weighted by molar-refractivity contribution is 1.50. The molecular formula is C44H33ClS. The fourth-order valence-electron chi connectivity index (χ4n) is 6.36. The maximum Gasteiger partial charge on any atom is 0.0446 e. The number of thiophene rings is 1. The smallest absolute Gasteiger partial charge is 0.0446 e. The van der Waals surface area contributed by atoms with E-state index in [1.165, 1.54) is 70.2 Å². The molecule has 1 aromatic heterocycles. The van der Waals surface area contributed by atoms with E-state index < -0.39 is 0 Å². The molecule has 0 fully saturated rings. The van der Waals surface area contributed by atoms with Crippen molar-refractivity contribution < 1.29 is 0 Å². The summed E-state index contributed by atoms with van der Waals surface area (Å²) in [6.07, 6.45) is 0. The molecule has 0 aliphatic carbocycles. The monoisotopic (exact) mass is 628 g/mol. The number of benzene rings is 7. The molecule has 0 aliphatic rings. The molecule has 0 saturated carbocycles. The van der Waals surface area contributed by atoms with E-state index in [1.54, 1.807) is 0 Å². The van der Waals surface area contributed by atoms with Crippen LogP contribution in [-0.2, 0) is 0 Å². The minimum absolute atomic E-state index is 0.750. The van der Waals surface area contributed by atoms with Gasteiger partial charge in [-0.2, -0.15) is 0 Å². The number of hydrogen-bond acceptors (Lipinski definition) is 1. The number of hydrogen-bond donors (Lipinski definition) is 0. The maximum absolute atomic E-state index is 6.17. The van der Waals surface area contributed by atoms with Crippen molar-refractivity contribution in [3.63, 3.8) is 0 Å². The molecule has 0 N–H and O–H groups in total. The van der Waals surface area contributed by atoms with Crippen LogP contribution in [-0.4, -0.2) is 0 Å². The largest absolute Gasteiger partial charge is 0.134 e. The first-order valence-electron chi connectivity index (χ1n) is 15.8. The first kappa shape index (κ1) is 29.7. The van der Waals surface area contributed by atoms with Crippen molar-refractivity contribution in [3.05, 3.63) is 169 Å².